The molecule has 0 saturated carbocycles. The largest absolute Gasteiger partial charge is 0.377 e. The molecule has 3 rings (SSSR count). The molecule has 1 saturated heterocycles. The average molecular weight is 341 g/mol. The summed E-state index contributed by atoms with van der Waals surface area (Å²) < 4.78 is 7.57. The molecule has 0 unspecified atom stereocenters. The predicted molar refractivity (Wildman–Crippen MR) is 97.5 cm³/mol. The summed E-state index contributed by atoms with van der Waals surface area (Å²) in [5.74, 6) is 0.194. The van der Waals surface area contributed by atoms with Crippen LogP contribution in [0.5, 0.6) is 0 Å². The molecule has 0 aliphatic carbocycles. The van der Waals surface area contributed by atoms with Crippen LogP contribution in [-0.2, 0) is 23.0 Å². The van der Waals surface area contributed by atoms with Crippen LogP contribution >= 0.6 is 0 Å². The quantitative estimate of drug-likeness (QED) is 0.859. The number of hydrogen-bond acceptors (Lipinski definition) is 3. The lowest BCUT2D eigenvalue weighted by Crippen LogP contribution is -2.43. The van der Waals surface area contributed by atoms with Crippen LogP contribution in [-0.4, -0.2) is 40.3 Å². The van der Waals surface area contributed by atoms with Crippen LogP contribution < -0.4 is 0 Å². The van der Waals surface area contributed by atoms with E-state index in [0.717, 1.165) is 23.4 Å². The highest BCUT2D eigenvalue weighted by molar-refractivity contribution is 5.77. The first-order valence-corrected chi connectivity index (χ1v) is 8.91. The summed E-state index contributed by atoms with van der Waals surface area (Å²) in [4.78, 5) is 14.9. The molecule has 134 valence electrons. The first kappa shape index (κ1) is 17.7. The zero-order valence-corrected chi connectivity index (χ0v) is 15.6. The van der Waals surface area contributed by atoms with Crippen molar-refractivity contribution in [2.24, 2.45) is 7.05 Å². The molecule has 0 bridgehead atoms. The Kier molecular flexibility index (Phi) is 5.23. The van der Waals surface area contributed by atoms with E-state index in [1.807, 2.05) is 35.7 Å². The molecular formula is C20H27N3O2. The Morgan fingerprint density at radius 2 is 2.04 bits per heavy atom. The lowest BCUT2D eigenvalue weighted by molar-refractivity contribution is -0.140. The van der Waals surface area contributed by atoms with Gasteiger partial charge in [-0.2, -0.15) is 5.10 Å². The summed E-state index contributed by atoms with van der Waals surface area (Å²) in [6.07, 6.45) is 1.31. The first-order valence-electron chi connectivity index (χ1n) is 8.91. The third-order valence-electron chi connectivity index (χ3n) is 5.22. The van der Waals surface area contributed by atoms with Gasteiger partial charge in [-0.15, -0.1) is 0 Å². The Hall–Kier alpha value is -2.14. The SMILES string of the molecule is Cc1ccccc1CCC(=O)N1CCOC[C@H]1c1c(C)nn(C)c1C. The number of hydrogen-bond donors (Lipinski definition) is 0. The van der Waals surface area contributed by atoms with Crippen LogP contribution in [0.15, 0.2) is 24.3 Å². The van der Waals surface area contributed by atoms with Gasteiger partial charge in [0.25, 0.3) is 0 Å². The summed E-state index contributed by atoms with van der Waals surface area (Å²) in [6, 6.07) is 8.24. The van der Waals surface area contributed by atoms with E-state index in [1.54, 1.807) is 0 Å². The topological polar surface area (TPSA) is 47.4 Å². The fraction of sp³-hybridized carbons (Fsp3) is 0.500. The number of benzene rings is 1. The molecule has 0 N–H and O–H groups in total. The van der Waals surface area contributed by atoms with Crippen molar-refractivity contribution in [1.29, 1.82) is 0 Å². The molecule has 1 amide bonds. The van der Waals surface area contributed by atoms with Crippen molar-refractivity contribution >= 4 is 5.91 Å². The fourth-order valence-corrected chi connectivity index (χ4v) is 3.69. The zero-order valence-electron chi connectivity index (χ0n) is 15.6. The zero-order chi connectivity index (χ0) is 18.0. The lowest BCUT2D eigenvalue weighted by atomic mass is 10.0. The number of carbonyl (C=O) groups excluding carboxylic acids is 1. The summed E-state index contributed by atoms with van der Waals surface area (Å²) >= 11 is 0. The highest BCUT2D eigenvalue weighted by atomic mass is 16.5. The number of ether oxygens (including phenoxy) is 1. The normalized spacial score (nSPS) is 17.8. The number of carbonyl (C=O) groups is 1. The molecule has 2 aromatic rings. The second-order valence-electron chi connectivity index (χ2n) is 6.81. The molecule has 1 aliphatic rings. The molecule has 1 atom stereocenters. The summed E-state index contributed by atoms with van der Waals surface area (Å²) in [5.41, 5.74) is 5.70. The Morgan fingerprint density at radius 3 is 2.72 bits per heavy atom. The van der Waals surface area contributed by atoms with E-state index in [2.05, 4.69) is 31.1 Å². The summed E-state index contributed by atoms with van der Waals surface area (Å²) in [7, 11) is 1.94. The van der Waals surface area contributed by atoms with Crippen LogP contribution in [0.2, 0.25) is 0 Å². The van der Waals surface area contributed by atoms with Crippen LogP contribution in [0.3, 0.4) is 0 Å². The number of amides is 1. The van der Waals surface area contributed by atoms with Gasteiger partial charge in [-0.3, -0.25) is 9.48 Å². The van der Waals surface area contributed by atoms with Crippen molar-refractivity contribution in [2.75, 3.05) is 19.8 Å². The minimum atomic E-state index is -0.0354. The molecule has 25 heavy (non-hydrogen) atoms. The van der Waals surface area contributed by atoms with E-state index in [1.165, 1.54) is 11.1 Å². The second kappa shape index (κ2) is 7.40. The van der Waals surface area contributed by atoms with Crippen molar-refractivity contribution < 1.29 is 9.53 Å². The molecule has 1 aromatic carbocycles. The number of aryl methyl sites for hydroxylation is 4. The van der Waals surface area contributed by atoms with Crippen LogP contribution in [0.1, 0.15) is 40.5 Å². The second-order valence-corrected chi connectivity index (χ2v) is 6.81. The molecular weight excluding hydrogens is 314 g/mol. The van der Waals surface area contributed by atoms with Gasteiger partial charge in [-0.05, 0) is 38.3 Å². The Balaban J connectivity index is 1.76. The molecule has 5 nitrogen and oxygen atoms in total. The lowest BCUT2D eigenvalue weighted by Gasteiger charge is -2.36. The van der Waals surface area contributed by atoms with E-state index in [-0.39, 0.29) is 11.9 Å². The molecule has 1 fully saturated rings. The van der Waals surface area contributed by atoms with Crippen molar-refractivity contribution in [3.8, 4) is 0 Å². The van der Waals surface area contributed by atoms with Crippen molar-refractivity contribution in [2.45, 2.75) is 39.7 Å². The van der Waals surface area contributed by atoms with Gasteiger partial charge >= 0.3 is 0 Å². The summed E-state index contributed by atoms with van der Waals surface area (Å²) in [5, 5.41) is 4.51. The Labute approximate surface area is 149 Å². The van der Waals surface area contributed by atoms with Crippen molar-refractivity contribution in [3.63, 3.8) is 0 Å². The third kappa shape index (κ3) is 3.61. The van der Waals surface area contributed by atoms with Gasteiger partial charge < -0.3 is 9.64 Å². The monoisotopic (exact) mass is 341 g/mol. The number of aromatic nitrogens is 2. The van der Waals surface area contributed by atoms with Gasteiger partial charge in [-0.25, -0.2) is 0 Å². The van der Waals surface area contributed by atoms with Gasteiger partial charge in [0.15, 0.2) is 0 Å². The van der Waals surface area contributed by atoms with Crippen LogP contribution in [0.4, 0.5) is 0 Å². The third-order valence-corrected chi connectivity index (χ3v) is 5.22. The van der Waals surface area contributed by atoms with Gasteiger partial charge in [0.1, 0.15) is 0 Å². The Morgan fingerprint density at radius 1 is 1.28 bits per heavy atom. The number of rotatable bonds is 4. The molecule has 1 aromatic heterocycles. The van der Waals surface area contributed by atoms with Crippen molar-refractivity contribution in [1.82, 2.24) is 14.7 Å². The standard InChI is InChI=1S/C20H27N3O2/c1-14-7-5-6-8-17(14)9-10-19(24)23-11-12-25-13-18(23)20-15(2)21-22(4)16(20)3/h5-8,18H,9-13H2,1-4H3/t18-/m0/s1. The van der Waals surface area contributed by atoms with Crippen LogP contribution in [0, 0.1) is 20.8 Å². The number of nitrogens with zero attached hydrogens (tertiary/aromatic N) is 3. The van der Waals surface area contributed by atoms with E-state index in [0.29, 0.717) is 26.2 Å². The molecule has 2 heterocycles. The summed E-state index contributed by atoms with van der Waals surface area (Å²) in [6.45, 7) is 7.95. The maximum atomic E-state index is 12.9. The van der Waals surface area contributed by atoms with E-state index >= 15 is 0 Å². The molecule has 0 radical (unpaired) electrons. The predicted octanol–water partition coefficient (Wildman–Crippen LogP) is 2.88. The van der Waals surface area contributed by atoms with E-state index in [4.69, 9.17) is 4.74 Å². The van der Waals surface area contributed by atoms with Gasteiger partial charge in [-0.1, -0.05) is 24.3 Å². The minimum Gasteiger partial charge on any atom is -0.377 e. The highest BCUT2D eigenvalue weighted by Gasteiger charge is 2.32. The molecule has 1 aliphatic heterocycles. The first-order chi connectivity index (χ1) is 12.0. The van der Waals surface area contributed by atoms with Gasteiger partial charge in [0, 0.05) is 31.3 Å². The maximum Gasteiger partial charge on any atom is 0.223 e. The van der Waals surface area contributed by atoms with Gasteiger partial charge in [0.2, 0.25) is 5.91 Å². The maximum absolute atomic E-state index is 12.9. The fourth-order valence-electron chi connectivity index (χ4n) is 3.69. The van der Waals surface area contributed by atoms with E-state index in [9.17, 15) is 4.79 Å². The van der Waals surface area contributed by atoms with Crippen LogP contribution in [0.25, 0.3) is 0 Å². The number of morpholine rings is 1. The van der Waals surface area contributed by atoms with E-state index < -0.39 is 0 Å². The van der Waals surface area contributed by atoms with Crippen molar-refractivity contribution in [3.05, 3.63) is 52.3 Å². The Bertz CT molecular complexity index is 766. The average Bonchev–Trinajstić information content (AvgIpc) is 2.86. The van der Waals surface area contributed by atoms with Gasteiger partial charge in [0.05, 0.1) is 24.9 Å². The minimum absolute atomic E-state index is 0.0354. The highest BCUT2D eigenvalue weighted by Crippen LogP contribution is 2.30. The molecule has 0 spiro atoms. The molecule has 5 heteroatoms. The smallest absolute Gasteiger partial charge is 0.223 e.